The molecule has 1 N–H and O–H groups in total. The van der Waals surface area contributed by atoms with Crippen molar-refractivity contribution in [1.29, 1.82) is 5.26 Å². The molecule has 1 amide bonds. The quantitative estimate of drug-likeness (QED) is 0.873. The third-order valence-corrected chi connectivity index (χ3v) is 3.58. The maximum atomic E-state index is 13.8. The SMILES string of the molecule is COc1cccc(OC)c1CC(=O)N[C@@H](C#N)c1ccc(F)cc1F. The molecule has 0 aromatic heterocycles. The lowest BCUT2D eigenvalue weighted by molar-refractivity contribution is -0.120. The Kier molecular flexibility index (Phi) is 5.90. The van der Waals surface area contributed by atoms with E-state index in [0.29, 0.717) is 23.1 Å². The van der Waals surface area contributed by atoms with Crippen molar-refractivity contribution < 1.29 is 23.0 Å². The summed E-state index contributed by atoms with van der Waals surface area (Å²) < 4.78 is 37.2. The van der Waals surface area contributed by atoms with Gasteiger partial charge in [0, 0.05) is 17.2 Å². The molecule has 0 aliphatic heterocycles. The number of hydrogen-bond donors (Lipinski definition) is 1. The molecule has 0 spiro atoms. The fourth-order valence-corrected chi connectivity index (χ4v) is 2.39. The van der Waals surface area contributed by atoms with E-state index in [9.17, 15) is 18.8 Å². The van der Waals surface area contributed by atoms with Gasteiger partial charge in [0.2, 0.25) is 5.91 Å². The van der Waals surface area contributed by atoms with Crippen molar-refractivity contribution in [2.24, 2.45) is 0 Å². The molecule has 2 aromatic rings. The highest BCUT2D eigenvalue weighted by molar-refractivity contribution is 5.81. The third-order valence-electron chi connectivity index (χ3n) is 3.58. The molecular weight excluding hydrogens is 330 g/mol. The number of hydrogen-bond acceptors (Lipinski definition) is 4. The van der Waals surface area contributed by atoms with Crippen LogP contribution >= 0.6 is 0 Å². The summed E-state index contributed by atoms with van der Waals surface area (Å²) in [6.07, 6.45) is -0.131. The molecule has 0 aliphatic rings. The summed E-state index contributed by atoms with van der Waals surface area (Å²) in [6.45, 7) is 0. The van der Waals surface area contributed by atoms with Gasteiger partial charge in [-0.05, 0) is 18.2 Å². The summed E-state index contributed by atoms with van der Waals surface area (Å²) in [5.41, 5.74) is 0.394. The van der Waals surface area contributed by atoms with Crippen LogP contribution in [0, 0.1) is 23.0 Å². The van der Waals surface area contributed by atoms with Crippen LogP contribution in [-0.4, -0.2) is 20.1 Å². The zero-order valence-corrected chi connectivity index (χ0v) is 13.7. The lowest BCUT2D eigenvalue weighted by atomic mass is 10.1. The highest BCUT2D eigenvalue weighted by Crippen LogP contribution is 2.29. The Morgan fingerprint density at radius 2 is 1.84 bits per heavy atom. The second-order valence-electron chi connectivity index (χ2n) is 5.11. The highest BCUT2D eigenvalue weighted by atomic mass is 19.1. The van der Waals surface area contributed by atoms with E-state index >= 15 is 0 Å². The molecule has 0 saturated heterocycles. The lowest BCUT2D eigenvalue weighted by Crippen LogP contribution is -2.29. The van der Waals surface area contributed by atoms with Gasteiger partial charge in [-0.2, -0.15) is 5.26 Å². The van der Waals surface area contributed by atoms with E-state index in [1.54, 1.807) is 24.3 Å². The number of methoxy groups -OCH3 is 2. The molecule has 0 heterocycles. The molecule has 1 atom stereocenters. The molecule has 0 radical (unpaired) electrons. The van der Waals surface area contributed by atoms with Crippen LogP contribution in [0.25, 0.3) is 0 Å². The Morgan fingerprint density at radius 3 is 2.36 bits per heavy atom. The first-order valence-electron chi connectivity index (χ1n) is 7.34. The van der Waals surface area contributed by atoms with Crippen molar-refractivity contribution in [2.45, 2.75) is 12.5 Å². The Bertz CT molecular complexity index is 796. The van der Waals surface area contributed by atoms with Gasteiger partial charge in [-0.15, -0.1) is 0 Å². The zero-order chi connectivity index (χ0) is 18.4. The first-order valence-corrected chi connectivity index (χ1v) is 7.34. The highest BCUT2D eigenvalue weighted by Gasteiger charge is 2.20. The fraction of sp³-hybridized carbons (Fsp3) is 0.222. The van der Waals surface area contributed by atoms with Crippen LogP contribution in [0.1, 0.15) is 17.2 Å². The van der Waals surface area contributed by atoms with Crippen LogP contribution < -0.4 is 14.8 Å². The first kappa shape index (κ1) is 18.2. The predicted molar refractivity (Wildman–Crippen MR) is 86.1 cm³/mol. The number of carbonyl (C=O) groups is 1. The monoisotopic (exact) mass is 346 g/mol. The van der Waals surface area contributed by atoms with Crippen LogP contribution in [0.2, 0.25) is 0 Å². The minimum absolute atomic E-state index is 0.107. The van der Waals surface area contributed by atoms with Gasteiger partial charge in [0.05, 0.1) is 26.7 Å². The van der Waals surface area contributed by atoms with Gasteiger partial charge in [-0.25, -0.2) is 8.78 Å². The number of halogens is 2. The molecule has 7 heteroatoms. The van der Waals surface area contributed by atoms with Crippen LogP contribution in [0.4, 0.5) is 8.78 Å². The van der Waals surface area contributed by atoms with E-state index in [2.05, 4.69) is 5.32 Å². The van der Waals surface area contributed by atoms with Crippen molar-refractivity contribution in [3.8, 4) is 17.6 Å². The van der Waals surface area contributed by atoms with E-state index in [1.165, 1.54) is 14.2 Å². The van der Waals surface area contributed by atoms with Gasteiger partial charge in [0.15, 0.2) is 0 Å². The minimum Gasteiger partial charge on any atom is -0.496 e. The topological polar surface area (TPSA) is 71.3 Å². The average molecular weight is 346 g/mol. The molecule has 0 saturated carbocycles. The van der Waals surface area contributed by atoms with Crippen molar-refractivity contribution in [1.82, 2.24) is 5.32 Å². The van der Waals surface area contributed by atoms with Crippen LogP contribution in [0.15, 0.2) is 36.4 Å². The van der Waals surface area contributed by atoms with Crippen molar-refractivity contribution in [2.75, 3.05) is 14.2 Å². The van der Waals surface area contributed by atoms with Gasteiger partial charge >= 0.3 is 0 Å². The summed E-state index contributed by atoms with van der Waals surface area (Å²) in [5.74, 6) is -1.28. The van der Waals surface area contributed by atoms with Crippen LogP contribution in [0.3, 0.4) is 0 Å². The van der Waals surface area contributed by atoms with Crippen molar-refractivity contribution in [3.63, 3.8) is 0 Å². The van der Waals surface area contributed by atoms with E-state index < -0.39 is 23.6 Å². The molecule has 0 fully saturated rings. The largest absolute Gasteiger partial charge is 0.496 e. The van der Waals surface area contributed by atoms with Gasteiger partial charge < -0.3 is 14.8 Å². The van der Waals surface area contributed by atoms with Crippen LogP contribution in [0.5, 0.6) is 11.5 Å². The second kappa shape index (κ2) is 8.11. The molecular formula is C18H16F2N2O3. The second-order valence-corrected chi connectivity index (χ2v) is 5.11. The number of benzene rings is 2. The van der Waals surface area contributed by atoms with E-state index in [0.717, 1.165) is 12.1 Å². The number of carbonyl (C=O) groups excluding carboxylic acids is 1. The lowest BCUT2D eigenvalue weighted by Gasteiger charge is -2.15. The van der Waals surface area contributed by atoms with Gasteiger partial charge in [0.1, 0.15) is 29.2 Å². The fourth-order valence-electron chi connectivity index (χ4n) is 2.39. The minimum atomic E-state index is -1.24. The Morgan fingerprint density at radius 1 is 1.20 bits per heavy atom. The molecule has 0 bridgehead atoms. The number of nitriles is 1. The normalized spacial score (nSPS) is 11.3. The van der Waals surface area contributed by atoms with Crippen LogP contribution in [-0.2, 0) is 11.2 Å². The van der Waals surface area contributed by atoms with E-state index in [1.807, 2.05) is 0 Å². The van der Waals surface area contributed by atoms with E-state index in [-0.39, 0.29) is 12.0 Å². The summed E-state index contributed by atoms with van der Waals surface area (Å²) in [7, 11) is 2.92. The summed E-state index contributed by atoms with van der Waals surface area (Å²) in [6, 6.07) is 8.43. The maximum absolute atomic E-state index is 13.8. The first-order chi connectivity index (χ1) is 12.0. The summed E-state index contributed by atoms with van der Waals surface area (Å²) >= 11 is 0. The zero-order valence-electron chi connectivity index (χ0n) is 13.7. The smallest absolute Gasteiger partial charge is 0.225 e. The Hall–Kier alpha value is -3.14. The van der Waals surface area contributed by atoms with Crippen molar-refractivity contribution in [3.05, 3.63) is 59.2 Å². The van der Waals surface area contributed by atoms with Gasteiger partial charge in [0.25, 0.3) is 0 Å². The van der Waals surface area contributed by atoms with E-state index in [4.69, 9.17) is 9.47 Å². The third kappa shape index (κ3) is 4.23. The maximum Gasteiger partial charge on any atom is 0.225 e. The number of nitrogens with one attached hydrogen (secondary N) is 1. The standard InChI is InChI=1S/C18H16F2N2O3/c1-24-16-4-3-5-17(25-2)13(16)9-18(23)22-15(10-21)12-7-6-11(19)8-14(12)20/h3-8,15H,9H2,1-2H3,(H,22,23)/t15-/m0/s1. The summed E-state index contributed by atoms with van der Waals surface area (Å²) in [4.78, 5) is 12.3. The molecule has 0 unspecified atom stereocenters. The average Bonchev–Trinajstić information content (AvgIpc) is 2.60. The Labute approximate surface area is 143 Å². The predicted octanol–water partition coefficient (Wildman–Crippen LogP) is 2.91. The molecule has 25 heavy (non-hydrogen) atoms. The number of amides is 1. The van der Waals surface area contributed by atoms with Gasteiger partial charge in [-0.1, -0.05) is 12.1 Å². The van der Waals surface area contributed by atoms with Gasteiger partial charge in [-0.3, -0.25) is 4.79 Å². The number of ether oxygens (including phenoxy) is 2. The Balaban J connectivity index is 2.20. The molecule has 2 aromatic carbocycles. The molecule has 2 rings (SSSR count). The number of rotatable bonds is 6. The van der Waals surface area contributed by atoms with Crippen molar-refractivity contribution >= 4 is 5.91 Å². The summed E-state index contributed by atoms with van der Waals surface area (Å²) in [5, 5.41) is 11.6. The molecule has 5 nitrogen and oxygen atoms in total. The molecule has 0 aliphatic carbocycles. The number of nitrogens with zero attached hydrogens (tertiary/aromatic N) is 1. The molecule has 130 valence electrons.